The van der Waals surface area contributed by atoms with E-state index in [0.717, 1.165) is 28.1 Å². The van der Waals surface area contributed by atoms with Crippen molar-refractivity contribution in [1.29, 1.82) is 5.41 Å². The van der Waals surface area contributed by atoms with E-state index < -0.39 is 0 Å². The number of nitrogens with zero attached hydrogens (tertiary/aromatic N) is 3. The summed E-state index contributed by atoms with van der Waals surface area (Å²) >= 11 is 0. The van der Waals surface area contributed by atoms with Crippen LogP contribution in [0.2, 0.25) is 0 Å². The Morgan fingerprint density at radius 3 is 2.02 bits per heavy atom. The molecule has 0 aliphatic rings. The van der Waals surface area contributed by atoms with Crippen LogP contribution in [0.25, 0.3) is 71.3 Å². The quantitative estimate of drug-likeness (QED) is 0.143. The zero-order valence-corrected chi connectivity index (χ0v) is 21.7. The number of aromatic nitrogens is 3. The molecule has 0 spiro atoms. The van der Waals surface area contributed by atoms with E-state index in [2.05, 4.69) is 113 Å². The third kappa shape index (κ3) is 3.01. The molecular formula is C36H24N4. The minimum atomic E-state index is 0.785. The molecule has 0 amide bonds. The minimum absolute atomic E-state index is 0.785. The summed E-state index contributed by atoms with van der Waals surface area (Å²) in [6.45, 7) is 3.94. The lowest BCUT2D eigenvalue weighted by atomic mass is 10.1. The summed E-state index contributed by atoms with van der Waals surface area (Å²) in [5.74, 6) is 0.832. The first-order valence-corrected chi connectivity index (χ1v) is 13.4. The summed E-state index contributed by atoms with van der Waals surface area (Å²) in [5, 5.41) is 14.9. The molecule has 4 aromatic carbocycles. The fraction of sp³-hybridized carbons (Fsp3) is 0. The van der Waals surface area contributed by atoms with Crippen molar-refractivity contribution >= 4 is 71.7 Å². The molecule has 0 saturated heterocycles. The molecule has 4 heteroatoms. The normalized spacial score (nSPS) is 12.3. The van der Waals surface area contributed by atoms with Gasteiger partial charge in [-0.25, -0.2) is 4.98 Å². The summed E-state index contributed by atoms with van der Waals surface area (Å²) in [6, 6.07) is 38.8. The van der Waals surface area contributed by atoms with Crippen molar-refractivity contribution < 1.29 is 0 Å². The number of benzene rings is 4. The Kier molecular flexibility index (Phi) is 4.79. The van der Waals surface area contributed by atoms with Gasteiger partial charge in [0.1, 0.15) is 5.82 Å². The molecule has 0 aliphatic heterocycles. The van der Waals surface area contributed by atoms with Gasteiger partial charge in [-0.2, -0.15) is 0 Å². The van der Waals surface area contributed by atoms with E-state index in [1.807, 2.05) is 12.1 Å². The Balaban J connectivity index is 1.58. The van der Waals surface area contributed by atoms with Crippen LogP contribution in [0.15, 0.2) is 128 Å². The third-order valence-electron chi connectivity index (χ3n) is 8.00. The van der Waals surface area contributed by atoms with Gasteiger partial charge in [0.25, 0.3) is 0 Å². The van der Waals surface area contributed by atoms with Gasteiger partial charge in [-0.15, -0.1) is 0 Å². The van der Waals surface area contributed by atoms with Crippen LogP contribution in [-0.4, -0.2) is 20.2 Å². The highest BCUT2D eigenvalue weighted by Gasteiger charge is 2.19. The molecule has 4 aromatic heterocycles. The second kappa shape index (κ2) is 8.52. The Morgan fingerprint density at radius 1 is 0.625 bits per heavy atom. The van der Waals surface area contributed by atoms with Crippen molar-refractivity contribution in [2.24, 2.45) is 0 Å². The third-order valence-corrected chi connectivity index (χ3v) is 8.00. The van der Waals surface area contributed by atoms with Gasteiger partial charge < -0.3 is 9.81 Å². The first-order valence-electron chi connectivity index (χ1n) is 13.4. The average Bonchev–Trinajstić information content (AvgIpc) is 3.57. The fourth-order valence-electron chi connectivity index (χ4n) is 6.33. The number of pyridine rings is 2. The van der Waals surface area contributed by atoms with E-state index in [-0.39, 0.29) is 0 Å². The van der Waals surface area contributed by atoms with Gasteiger partial charge in [-0.05, 0) is 47.9 Å². The van der Waals surface area contributed by atoms with E-state index in [1.165, 1.54) is 55.1 Å². The number of fused-ring (bicyclic) bond motifs is 12. The van der Waals surface area contributed by atoms with Crippen LogP contribution in [0.4, 0.5) is 0 Å². The Morgan fingerprint density at radius 2 is 1.27 bits per heavy atom. The topological polar surface area (TPSA) is 46.1 Å². The van der Waals surface area contributed by atoms with Crippen molar-refractivity contribution in [2.75, 3.05) is 0 Å². The molecule has 0 unspecified atom stereocenters. The molecule has 0 fully saturated rings. The van der Waals surface area contributed by atoms with Gasteiger partial charge in [0.2, 0.25) is 0 Å². The molecular weight excluding hydrogens is 488 g/mol. The maximum Gasteiger partial charge on any atom is 0.138 e. The van der Waals surface area contributed by atoms with E-state index in [0.29, 0.717) is 0 Å². The second-order valence-electron chi connectivity index (χ2n) is 10.0. The monoisotopic (exact) mass is 512 g/mol. The molecule has 4 nitrogen and oxygen atoms in total. The Labute approximate surface area is 230 Å². The van der Waals surface area contributed by atoms with Crippen molar-refractivity contribution in [3.63, 3.8) is 0 Å². The van der Waals surface area contributed by atoms with Crippen molar-refractivity contribution in [3.8, 4) is 5.82 Å². The number of allylic oxidation sites excluding steroid dienone is 3. The lowest BCUT2D eigenvalue weighted by Gasteiger charge is -2.11. The molecule has 40 heavy (non-hydrogen) atoms. The van der Waals surface area contributed by atoms with Crippen LogP contribution in [0.5, 0.6) is 0 Å². The van der Waals surface area contributed by atoms with E-state index >= 15 is 0 Å². The van der Waals surface area contributed by atoms with Gasteiger partial charge >= 0.3 is 0 Å². The SMILES string of the molecule is C=C/C(=C\C=N)c1cccc(-n2c3ccccc3c3ccc4c(cc5c6ccccc6c6ccccc6n54)c32)n1. The van der Waals surface area contributed by atoms with Gasteiger partial charge in [-0.1, -0.05) is 85.5 Å². The maximum atomic E-state index is 7.57. The number of rotatable bonds is 4. The first kappa shape index (κ1) is 22.5. The summed E-state index contributed by atoms with van der Waals surface area (Å²) in [6.07, 6.45) is 4.74. The van der Waals surface area contributed by atoms with E-state index in [1.54, 1.807) is 12.2 Å². The van der Waals surface area contributed by atoms with Crippen LogP contribution >= 0.6 is 0 Å². The highest BCUT2D eigenvalue weighted by atomic mass is 15.1. The number of hydrogen-bond donors (Lipinski definition) is 1. The molecule has 0 saturated carbocycles. The minimum Gasteiger partial charge on any atom is -0.309 e. The highest BCUT2D eigenvalue weighted by Crippen LogP contribution is 2.40. The lowest BCUT2D eigenvalue weighted by Crippen LogP contribution is -2.00. The maximum absolute atomic E-state index is 7.57. The first-order chi connectivity index (χ1) is 19.8. The van der Waals surface area contributed by atoms with Crippen LogP contribution in [0, 0.1) is 5.41 Å². The molecule has 4 heterocycles. The molecule has 8 rings (SSSR count). The molecule has 0 bridgehead atoms. The number of para-hydroxylation sites is 2. The smallest absolute Gasteiger partial charge is 0.138 e. The van der Waals surface area contributed by atoms with Gasteiger partial charge in [0.05, 0.1) is 33.3 Å². The van der Waals surface area contributed by atoms with Crippen LogP contribution in [-0.2, 0) is 0 Å². The van der Waals surface area contributed by atoms with Crippen LogP contribution in [0.1, 0.15) is 5.69 Å². The van der Waals surface area contributed by atoms with Crippen LogP contribution in [0.3, 0.4) is 0 Å². The fourth-order valence-corrected chi connectivity index (χ4v) is 6.33. The summed E-state index contributed by atoms with van der Waals surface area (Å²) in [7, 11) is 0. The van der Waals surface area contributed by atoms with Crippen molar-refractivity contribution in [2.45, 2.75) is 0 Å². The molecule has 0 aliphatic carbocycles. The zero-order chi connectivity index (χ0) is 26.8. The largest absolute Gasteiger partial charge is 0.309 e. The van der Waals surface area contributed by atoms with Crippen LogP contribution < -0.4 is 0 Å². The highest BCUT2D eigenvalue weighted by molar-refractivity contribution is 6.22. The Bertz CT molecular complexity index is 2360. The van der Waals surface area contributed by atoms with E-state index in [9.17, 15) is 0 Å². The molecule has 188 valence electrons. The number of nitrogens with one attached hydrogen (secondary N) is 1. The standard InChI is InChI=1S/C36H24N4/c1-2-23(20-21-37)30-14-9-17-35(38-30)40-32-16-8-6-13-27(32)28-18-19-33-29(36(28)40)22-34-26-12-4-3-10-24(26)25-11-5-7-15-31(25)39(33)34/h2-22,37H,1H2/b23-20+,37-21?. The van der Waals surface area contributed by atoms with Gasteiger partial charge in [0.15, 0.2) is 0 Å². The van der Waals surface area contributed by atoms with Crippen molar-refractivity contribution in [3.05, 3.63) is 134 Å². The lowest BCUT2D eigenvalue weighted by molar-refractivity contribution is 1.07. The summed E-state index contributed by atoms with van der Waals surface area (Å²) in [5.41, 5.74) is 7.40. The number of hydrogen-bond acceptors (Lipinski definition) is 2. The summed E-state index contributed by atoms with van der Waals surface area (Å²) in [4.78, 5) is 5.08. The molecule has 1 N–H and O–H groups in total. The Hall–Kier alpha value is -5.48. The average molecular weight is 513 g/mol. The second-order valence-corrected chi connectivity index (χ2v) is 10.0. The zero-order valence-electron chi connectivity index (χ0n) is 21.7. The predicted molar refractivity (Wildman–Crippen MR) is 169 cm³/mol. The molecule has 8 aromatic rings. The van der Waals surface area contributed by atoms with Gasteiger partial charge in [-0.3, -0.25) is 4.57 Å². The predicted octanol–water partition coefficient (Wildman–Crippen LogP) is 9.11. The molecule has 0 atom stereocenters. The summed E-state index contributed by atoms with van der Waals surface area (Å²) < 4.78 is 4.69. The van der Waals surface area contributed by atoms with Crippen molar-refractivity contribution in [1.82, 2.24) is 14.0 Å². The van der Waals surface area contributed by atoms with E-state index in [4.69, 9.17) is 10.4 Å². The van der Waals surface area contributed by atoms with Gasteiger partial charge in [0, 0.05) is 38.7 Å². The molecule has 0 radical (unpaired) electrons.